The van der Waals surface area contributed by atoms with Gasteiger partial charge in [-0.1, -0.05) is 0 Å². The summed E-state index contributed by atoms with van der Waals surface area (Å²) in [6, 6.07) is 3.97. The zero-order valence-corrected chi connectivity index (χ0v) is 12.1. The SMILES string of the molecule is NCCCOC1CCN(c2ncccc2Br)CC1. The van der Waals surface area contributed by atoms with E-state index < -0.39 is 0 Å². The van der Waals surface area contributed by atoms with E-state index in [1.165, 1.54) is 0 Å². The number of nitrogens with two attached hydrogens (primary N) is 1. The van der Waals surface area contributed by atoms with E-state index in [9.17, 15) is 0 Å². The van der Waals surface area contributed by atoms with Gasteiger partial charge in [0, 0.05) is 25.9 Å². The lowest BCUT2D eigenvalue weighted by molar-refractivity contribution is 0.0365. The van der Waals surface area contributed by atoms with Gasteiger partial charge in [-0.15, -0.1) is 0 Å². The van der Waals surface area contributed by atoms with Crippen molar-refractivity contribution in [1.82, 2.24) is 4.98 Å². The van der Waals surface area contributed by atoms with E-state index in [1.807, 2.05) is 18.3 Å². The Labute approximate surface area is 117 Å². The molecule has 5 heteroatoms. The number of nitrogens with zero attached hydrogens (tertiary/aromatic N) is 2. The molecule has 1 aliphatic heterocycles. The van der Waals surface area contributed by atoms with Crippen LogP contribution in [0, 0.1) is 0 Å². The lowest BCUT2D eigenvalue weighted by atomic mass is 10.1. The molecular weight excluding hydrogens is 294 g/mol. The van der Waals surface area contributed by atoms with Gasteiger partial charge >= 0.3 is 0 Å². The van der Waals surface area contributed by atoms with Crippen LogP contribution in [0.5, 0.6) is 0 Å². The van der Waals surface area contributed by atoms with Crippen LogP contribution in [-0.2, 0) is 4.74 Å². The predicted molar refractivity (Wildman–Crippen MR) is 76.8 cm³/mol. The fourth-order valence-electron chi connectivity index (χ4n) is 2.18. The summed E-state index contributed by atoms with van der Waals surface area (Å²) in [6.45, 7) is 3.50. The Morgan fingerprint density at radius 3 is 2.89 bits per heavy atom. The summed E-state index contributed by atoms with van der Waals surface area (Å²) in [4.78, 5) is 6.74. The highest BCUT2D eigenvalue weighted by Gasteiger charge is 2.21. The number of halogens is 1. The van der Waals surface area contributed by atoms with Gasteiger partial charge in [0.25, 0.3) is 0 Å². The number of ether oxygens (including phenoxy) is 1. The summed E-state index contributed by atoms with van der Waals surface area (Å²) in [5.74, 6) is 1.04. The monoisotopic (exact) mass is 313 g/mol. The zero-order valence-electron chi connectivity index (χ0n) is 10.5. The number of piperidine rings is 1. The largest absolute Gasteiger partial charge is 0.378 e. The van der Waals surface area contributed by atoms with Crippen molar-refractivity contribution in [3.8, 4) is 0 Å². The van der Waals surface area contributed by atoms with Crippen molar-refractivity contribution in [1.29, 1.82) is 0 Å². The fraction of sp³-hybridized carbons (Fsp3) is 0.615. The molecule has 2 heterocycles. The minimum atomic E-state index is 0.385. The average molecular weight is 314 g/mol. The molecule has 1 saturated heterocycles. The molecule has 0 bridgehead atoms. The quantitative estimate of drug-likeness (QED) is 0.847. The summed E-state index contributed by atoms with van der Waals surface area (Å²) in [7, 11) is 0. The molecule has 100 valence electrons. The number of hydrogen-bond acceptors (Lipinski definition) is 4. The number of rotatable bonds is 5. The third-order valence-electron chi connectivity index (χ3n) is 3.18. The molecule has 0 saturated carbocycles. The summed E-state index contributed by atoms with van der Waals surface area (Å²) in [5.41, 5.74) is 5.46. The summed E-state index contributed by atoms with van der Waals surface area (Å²) < 4.78 is 6.86. The fourth-order valence-corrected chi connectivity index (χ4v) is 2.68. The second-order valence-corrected chi connectivity index (χ2v) is 5.36. The van der Waals surface area contributed by atoms with E-state index in [-0.39, 0.29) is 0 Å². The number of hydrogen-bond donors (Lipinski definition) is 1. The molecule has 1 aliphatic rings. The Hall–Kier alpha value is -0.650. The van der Waals surface area contributed by atoms with E-state index >= 15 is 0 Å². The maximum absolute atomic E-state index is 5.80. The van der Waals surface area contributed by atoms with Gasteiger partial charge in [0.1, 0.15) is 5.82 Å². The van der Waals surface area contributed by atoms with Gasteiger partial charge in [-0.25, -0.2) is 4.98 Å². The molecular formula is C13H20BrN3O. The highest BCUT2D eigenvalue weighted by atomic mass is 79.9. The van der Waals surface area contributed by atoms with Crippen LogP contribution in [0.15, 0.2) is 22.8 Å². The minimum Gasteiger partial charge on any atom is -0.378 e. The topological polar surface area (TPSA) is 51.4 Å². The summed E-state index contributed by atoms with van der Waals surface area (Å²) in [6.07, 6.45) is 5.30. The molecule has 0 unspecified atom stereocenters. The molecule has 18 heavy (non-hydrogen) atoms. The number of anilines is 1. The van der Waals surface area contributed by atoms with Gasteiger partial charge in [-0.2, -0.15) is 0 Å². The molecule has 2 rings (SSSR count). The summed E-state index contributed by atoms with van der Waals surface area (Å²) in [5, 5.41) is 0. The van der Waals surface area contributed by atoms with Crippen LogP contribution in [-0.4, -0.2) is 37.3 Å². The zero-order chi connectivity index (χ0) is 12.8. The van der Waals surface area contributed by atoms with Gasteiger partial charge in [0.2, 0.25) is 0 Å². The van der Waals surface area contributed by atoms with Crippen molar-refractivity contribution in [2.75, 3.05) is 31.1 Å². The first kappa shape index (κ1) is 13.8. The van der Waals surface area contributed by atoms with E-state index in [0.29, 0.717) is 12.6 Å². The van der Waals surface area contributed by atoms with Gasteiger partial charge < -0.3 is 15.4 Å². The minimum absolute atomic E-state index is 0.385. The van der Waals surface area contributed by atoms with E-state index in [2.05, 4.69) is 25.8 Å². The number of aromatic nitrogens is 1. The van der Waals surface area contributed by atoms with Crippen molar-refractivity contribution >= 4 is 21.7 Å². The third kappa shape index (κ3) is 3.67. The Morgan fingerprint density at radius 2 is 2.22 bits per heavy atom. The molecule has 1 fully saturated rings. The lowest BCUT2D eigenvalue weighted by Gasteiger charge is -2.33. The molecule has 0 amide bonds. The van der Waals surface area contributed by atoms with Crippen LogP contribution in [0.25, 0.3) is 0 Å². The van der Waals surface area contributed by atoms with Crippen LogP contribution in [0.3, 0.4) is 0 Å². The van der Waals surface area contributed by atoms with Crippen LogP contribution in [0.4, 0.5) is 5.82 Å². The normalized spacial score (nSPS) is 17.1. The molecule has 0 aromatic carbocycles. The Balaban J connectivity index is 1.81. The molecule has 0 aliphatic carbocycles. The van der Waals surface area contributed by atoms with Crippen molar-refractivity contribution in [3.05, 3.63) is 22.8 Å². The van der Waals surface area contributed by atoms with E-state index in [0.717, 1.165) is 49.2 Å². The van der Waals surface area contributed by atoms with Crippen molar-refractivity contribution < 1.29 is 4.74 Å². The van der Waals surface area contributed by atoms with Crippen LogP contribution in [0.1, 0.15) is 19.3 Å². The maximum Gasteiger partial charge on any atom is 0.142 e. The molecule has 0 spiro atoms. The second kappa shape index (κ2) is 7.07. The first-order valence-electron chi connectivity index (χ1n) is 6.48. The van der Waals surface area contributed by atoms with E-state index in [4.69, 9.17) is 10.5 Å². The van der Waals surface area contributed by atoms with Gasteiger partial charge in [-0.05, 0) is 53.9 Å². The molecule has 0 radical (unpaired) electrons. The predicted octanol–water partition coefficient (Wildman–Crippen LogP) is 2.18. The van der Waals surface area contributed by atoms with Crippen molar-refractivity contribution in [2.45, 2.75) is 25.4 Å². The highest BCUT2D eigenvalue weighted by molar-refractivity contribution is 9.10. The Morgan fingerprint density at radius 1 is 1.44 bits per heavy atom. The van der Waals surface area contributed by atoms with E-state index in [1.54, 1.807) is 0 Å². The van der Waals surface area contributed by atoms with Crippen molar-refractivity contribution in [2.24, 2.45) is 5.73 Å². The molecule has 1 aromatic rings. The summed E-state index contributed by atoms with van der Waals surface area (Å²) >= 11 is 3.55. The average Bonchev–Trinajstić information content (AvgIpc) is 2.41. The molecule has 2 N–H and O–H groups in total. The van der Waals surface area contributed by atoms with Crippen LogP contribution in [0.2, 0.25) is 0 Å². The van der Waals surface area contributed by atoms with Gasteiger partial charge in [-0.3, -0.25) is 0 Å². The first-order valence-corrected chi connectivity index (χ1v) is 7.27. The second-order valence-electron chi connectivity index (χ2n) is 4.51. The van der Waals surface area contributed by atoms with Crippen LogP contribution >= 0.6 is 15.9 Å². The van der Waals surface area contributed by atoms with Crippen LogP contribution < -0.4 is 10.6 Å². The molecule has 1 aromatic heterocycles. The lowest BCUT2D eigenvalue weighted by Crippen LogP contribution is -2.37. The Kier molecular flexibility index (Phi) is 5.41. The molecule has 4 nitrogen and oxygen atoms in total. The maximum atomic E-state index is 5.80. The Bertz CT molecular complexity index is 367. The third-order valence-corrected chi connectivity index (χ3v) is 3.80. The molecule has 0 atom stereocenters. The van der Waals surface area contributed by atoms with Gasteiger partial charge in [0.15, 0.2) is 0 Å². The first-order chi connectivity index (χ1) is 8.81. The number of pyridine rings is 1. The highest BCUT2D eigenvalue weighted by Crippen LogP contribution is 2.26. The van der Waals surface area contributed by atoms with Crippen molar-refractivity contribution in [3.63, 3.8) is 0 Å². The smallest absolute Gasteiger partial charge is 0.142 e. The standard InChI is InChI=1S/C13H20BrN3O/c14-12-3-1-7-16-13(12)17-8-4-11(5-9-17)18-10-2-6-15/h1,3,7,11H,2,4-6,8-10,15H2. The van der Waals surface area contributed by atoms with Gasteiger partial charge in [0.05, 0.1) is 10.6 Å².